The zero-order valence-corrected chi connectivity index (χ0v) is 17.6. The Labute approximate surface area is 175 Å². The van der Waals surface area contributed by atoms with Gasteiger partial charge in [0.2, 0.25) is 10.0 Å². The third-order valence-electron chi connectivity index (χ3n) is 4.08. The maximum atomic E-state index is 12.1. The summed E-state index contributed by atoms with van der Waals surface area (Å²) in [5, 5.41) is 2.68. The molecule has 8 nitrogen and oxygen atoms in total. The maximum absolute atomic E-state index is 12.1. The second kappa shape index (κ2) is 11.1. The average Bonchev–Trinajstić information content (AvgIpc) is 2.76. The molecule has 0 saturated heterocycles. The number of sulfonamides is 1. The number of methoxy groups -OCH3 is 1. The van der Waals surface area contributed by atoms with Crippen molar-refractivity contribution in [1.82, 2.24) is 10.0 Å². The van der Waals surface area contributed by atoms with Gasteiger partial charge in [0.1, 0.15) is 10.6 Å². The van der Waals surface area contributed by atoms with Crippen molar-refractivity contribution in [2.45, 2.75) is 11.3 Å². The molecule has 2 N–H and O–H groups in total. The quantitative estimate of drug-likeness (QED) is 0.435. The van der Waals surface area contributed by atoms with E-state index in [1.807, 2.05) is 30.3 Å². The minimum absolute atomic E-state index is 0.0548. The number of ether oxygens (including phenoxy) is 2. The first-order valence-corrected chi connectivity index (χ1v) is 10.6. The minimum atomic E-state index is -3.73. The largest absolute Gasteiger partial charge is 0.495 e. The van der Waals surface area contributed by atoms with Gasteiger partial charge in [-0.25, -0.2) is 17.9 Å². The van der Waals surface area contributed by atoms with Crippen LogP contribution in [0, 0.1) is 0 Å². The fourth-order valence-corrected chi connectivity index (χ4v) is 3.44. The van der Waals surface area contributed by atoms with Gasteiger partial charge in [-0.2, -0.15) is 0 Å². The van der Waals surface area contributed by atoms with Crippen LogP contribution in [-0.4, -0.2) is 47.6 Å². The molecule has 2 rings (SSSR count). The van der Waals surface area contributed by atoms with Gasteiger partial charge in [0.05, 0.1) is 7.11 Å². The van der Waals surface area contributed by atoms with Gasteiger partial charge in [0, 0.05) is 12.6 Å². The maximum Gasteiger partial charge on any atom is 0.331 e. The summed E-state index contributed by atoms with van der Waals surface area (Å²) in [5.74, 6) is -0.946. The Balaban J connectivity index is 1.85. The molecule has 0 radical (unpaired) electrons. The van der Waals surface area contributed by atoms with E-state index in [4.69, 9.17) is 9.47 Å². The SMILES string of the molecule is CNS(=O)(=O)c1cc(/C=C/C(=O)OCC(=O)NCCc2ccccc2)ccc1OC. The number of hydrogen-bond donors (Lipinski definition) is 2. The molecule has 0 bridgehead atoms. The molecule has 0 heterocycles. The molecular formula is C21H24N2O6S. The average molecular weight is 432 g/mol. The molecule has 0 spiro atoms. The van der Waals surface area contributed by atoms with Gasteiger partial charge in [-0.1, -0.05) is 36.4 Å². The van der Waals surface area contributed by atoms with E-state index in [1.165, 1.54) is 32.4 Å². The van der Waals surface area contributed by atoms with Crippen LogP contribution in [0.25, 0.3) is 6.08 Å². The first-order chi connectivity index (χ1) is 14.4. The molecule has 0 aliphatic carbocycles. The Hall–Kier alpha value is -3.17. The molecule has 2 aromatic rings. The molecule has 9 heteroatoms. The molecule has 0 atom stereocenters. The van der Waals surface area contributed by atoms with Crippen molar-refractivity contribution in [3.05, 3.63) is 65.7 Å². The first kappa shape index (κ1) is 23.1. The molecule has 30 heavy (non-hydrogen) atoms. The monoisotopic (exact) mass is 432 g/mol. The highest BCUT2D eigenvalue weighted by molar-refractivity contribution is 7.89. The standard InChI is InChI=1S/C21H24N2O6S/c1-22-30(26,27)19-14-17(8-10-18(19)28-2)9-11-21(25)29-15-20(24)23-13-12-16-6-4-3-5-7-16/h3-11,14,22H,12-13,15H2,1-2H3,(H,23,24)/b11-9+. The van der Waals surface area contributed by atoms with Crippen molar-refractivity contribution >= 4 is 28.0 Å². The van der Waals surface area contributed by atoms with E-state index in [1.54, 1.807) is 6.07 Å². The number of nitrogens with one attached hydrogen (secondary N) is 2. The molecular weight excluding hydrogens is 408 g/mol. The van der Waals surface area contributed by atoms with Crippen molar-refractivity contribution in [1.29, 1.82) is 0 Å². The van der Waals surface area contributed by atoms with Crippen LogP contribution in [0.2, 0.25) is 0 Å². The van der Waals surface area contributed by atoms with Crippen molar-refractivity contribution < 1.29 is 27.5 Å². The predicted molar refractivity (Wildman–Crippen MR) is 112 cm³/mol. The van der Waals surface area contributed by atoms with E-state index in [2.05, 4.69) is 10.0 Å². The summed E-state index contributed by atoms with van der Waals surface area (Å²) >= 11 is 0. The molecule has 0 aliphatic heterocycles. The molecule has 1 amide bonds. The Morgan fingerprint density at radius 2 is 1.83 bits per heavy atom. The molecule has 0 unspecified atom stereocenters. The second-order valence-electron chi connectivity index (χ2n) is 6.14. The molecule has 0 fully saturated rings. The summed E-state index contributed by atoms with van der Waals surface area (Å²) in [6.45, 7) is 0.0325. The van der Waals surface area contributed by atoms with Gasteiger partial charge >= 0.3 is 5.97 Å². The lowest BCUT2D eigenvalue weighted by Crippen LogP contribution is -2.30. The summed E-state index contributed by atoms with van der Waals surface area (Å²) in [6, 6.07) is 14.1. The van der Waals surface area contributed by atoms with Crippen molar-refractivity contribution in [2.24, 2.45) is 0 Å². The van der Waals surface area contributed by atoms with Crippen molar-refractivity contribution in [3.63, 3.8) is 0 Å². The van der Waals surface area contributed by atoms with Crippen molar-refractivity contribution in [2.75, 3.05) is 27.3 Å². The Bertz CT molecular complexity index is 1000. The lowest BCUT2D eigenvalue weighted by molar-refractivity contribution is -0.143. The van der Waals surface area contributed by atoms with E-state index in [0.717, 1.165) is 11.6 Å². The molecule has 160 valence electrons. The number of esters is 1. The highest BCUT2D eigenvalue weighted by Gasteiger charge is 2.17. The number of amides is 1. The summed E-state index contributed by atoms with van der Waals surface area (Å²) < 4.78 is 36.3. The van der Waals surface area contributed by atoms with Crippen LogP contribution in [0.1, 0.15) is 11.1 Å². The highest BCUT2D eigenvalue weighted by atomic mass is 32.2. The van der Waals surface area contributed by atoms with E-state index < -0.39 is 28.5 Å². The Morgan fingerprint density at radius 1 is 1.10 bits per heavy atom. The van der Waals surface area contributed by atoms with Crippen LogP contribution in [0.3, 0.4) is 0 Å². The fraction of sp³-hybridized carbons (Fsp3) is 0.238. The van der Waals surface area contributed by atoms with Crippen LogP contribution in [0.4, 0.5) is 0 Å². The molecule has 2 aromatic carbocycles. The van der Waals surface area contributed by atoms with Gasteiger partial charge in [-0.15, -0.1) is 0 Å². The second-order valence-corrected chi connectivity index (χ2v) is 8.00. The van der Waals surface area contributed by atoms with E-state index in [9.17, 15) is 18.0 Å². The topological polar surface area (TPSA) is 111 Å². The molecule has 0 aliphatic rings. The van der Waals surface area contributed by atoms with Gasteiger partial charge in [-0.3, -0.25) is 4.79 Å². The number of carbonyl (C=O) groups is 2. The van der Waals surface area contributed by atoms with E-state index in [-0.39, 0.29) is 10.6 Å². The number of carbonyl (C=O) groups excluding carboxylic acids is 2. The smallest absolute Gasteiger partial charge is 0.331 e. The summed E-state index contributed by atoms with van der Waals surface area (Å²) in [6.07, 6.45) is 3.19. The van der Waals surface area contributed by atoms with Crippen LogP contribution in [-0.2, 0) is 30.8 Å². The third-order valence-corrected chi connectivity index (χ3v) is 5.52. The normalized spacial score (nSPS) is 11.3. The fourth-order valence-electron chi connectivity index (χ4n) is 2.51. The summed E-state index contributed by atoms with van der Waals surface area (Å²) in [7, 11) is -1.08. The summed E-state index contributed by atoms with van der Waals surface area (Å²) in [4.78, 5) is 23.5. The lowest BCUT2D eigenvalue weighted by atomic mass is 10.1. The van der Waals surface area contributed by atoms with Gasteiger partial charge in [0.25, 0.3) is 5.91 Å². The number of benzene rings is 2. The van der Waals surface area contributed by atoms with Gasteiger partial charge in [-0.05, 0) is 42.8 Å². The van der Waals surface area contributed by atoms with E-state index in [0.29, 0.717) is 18.5 Å². The number of rotatable bonds is 10. The summed E-state index contributed by atoms with van der Waals surface area (Å²) in [5.41, 5.74) is 1.55. The van der Waals surface area contributed by atoms with Crippen LogP contribution in [0.5, 0.6) is 5.75 Å². The van der Waals surface area contributed by atoms with Crippen molar-refractivity contribution in [3.8, 4) is 5.75 Å². The lowest BCUT2D eigenvalue weighted by Gasteiger charge is -2.09. The Kier molecular flexibility index (Phi) is 8.57. The number of hydrogen-bond acceptors (Lipinski definition) is 6. The predicted octanol–water partition coefficient (Wildman–Crippen LogP) is 1.52. The van der Waals surface area contributed by atoms with Gasteiger partial charge < -0.3 is 14.8 Å². The zero-order chi connectivity index (χ0) is 22.0. The third kappa shape index (κ3) is 7.02. The van der Waals surface area contributed by atoms with Crippen LogP contribution < -0.4 is 14.8 Å². The van der Waals surface area contributed by atoms with Gasteiger partial charge in [0.15, 0.2) is 6.61 Å². The van der Waals surface area contributed by atoms with Crippen LogP contribution in [0.15, 0.2) is 59.5 Å². The molecule has 0 aromatic heterocycles. The van der Waals surface area contributed by atoms with Crippen LogP contribution >= 0.6 is 0 Å². The van der Waals surface area contributed by atoms with E-state index >= 15 is 0 Å². The first-order valence-electron chi connectivity index (χ1n) is 9.13. The molecule has 0 saturated carbocycles. The Morgan fingerprint density at radius 3 is 2.50 bits per heavy atom. The zero-order valence-electron chi connectivity index (χ0n) is 16.8. The highest BCUT2D eigenvalue weighted by Crippen LogP contribution is 2.25. The minimum Gasteiger partial charge on any atom is -0.495 e.